The van der Waals surface area contributed by atoms with Gasteiger partial charge in [-0.25, -0.2) is 4.39 Å². The molecule has 31 heavy (non-hydrogen) atoms. The molecule has 2 aromatic rings. The highest BCUT2D eigenvalue weighted by molar-refractivity contribution is 5.97. The van der Waals surface area contributed by atoms with Gasteiger partial charge in [0.15, 0.2) is 28.8 Å². The number of hydrogen-bond donors (Lipinski definition) is 1. The first kappa shape index (κ1) is 23.0. The Bertz CT molecular complexity index is 884. The fourth-order valence-electron chi connectivity index (χ4n) is 4.01. The van der Waals surface area contributed by atoms with E-state index in [1.807, 2.05) is 18.2 Å². The molecule has 1 N–H and O–H groups in total. The van der Waals surface area contributed by atoms with E-state index >= 15 is 0 Å². The number of benzene rings is 2. The van der Waals surface area contributed by atoms with Crippen LogP contribution >= 0.6 is 0 Å². The zero-order valence-electron chi connectivity index (χ0n) is 18.4. The Morgan fingerprint density at radius 3 is 2.29 bits per heavy atom. The minimum absolute atomic E-state index is 0.0977. The normalized spacial score (nSPS) is 15.4. The number of methoxy groups -OCH3 is 3. The van der Waals surface area contributed by atoms with Crippen molar-refractivity contribution < 1.29 is 23.4 Å². The van der Waals surface area contributed by atoms with Crippen LogP contribution in [0.25, 0.3) is 0 Å². The van der Waals surface area contributed by atoms with Crippen LogP contribution in [0.1, 0.15) is 41.2 Å². The van der Waals surface area contributed by atoms with Gasteiger partial charge in [0, 0.05) is 18.2 Å². The quantitative estimate of drug-likeness (QED) is 0.578. The first-order valence-electron chi connectivity index (χ1n) is 10.6. The van der Waals surface area contributed by atoms with Gasteiger partial charge in [-0.1, -0.05) is 12.5 Å². The Labute approximate surface area is 183 Å². The maximum absolute atomic E-state index is 13.9. The molecule has 1 saturated heterocycles. The summed E-state index contributed by atoms with van der Waals surface area (Å²) in [6.45, 7) is 2.75. The number of nitrogens with zero attached hydrogens (tertiary/aromatic N) is 1. The second kappa shape index (κ2) is 11.1. The summed E-state index contributed by atoms with van der Waals surface area (Å²) in [6, 6.07) is 10.3. The topological polar surface area (TPSA) is 60.0 Å². The van der Waals surface area contributed by atoms with Crippen LogP contribution < -0.4 is 19.5 Å². The van der Waals surface area contributed by atoms with Crippen LogP contribution in [0.3, 0.4) is 0 Å². The molecule has 7 heteroatoms. The monoisotopic (exact) mass is 430 g/mol. The zero-order chi connectivity index (χ0) is 22.2. The number of nitrogens with one attached hydrogen (secondary N) is 1. The van der Waals surface area contributed by atoms with E-state index < -0.39 is 5.82 Å². The molecular formula is C24H31FN2O4. The smallest absolute Gasteiger partial charge is 0.176 e. The van der Waals surface area contributed by atoms with Gasteiger partial charge >= 0.3 is 0 Å². The fraction of sp³-hybridized carbons (Fsp3) is 0.458. The number of likely N-dealkylation sites (tertiary alicyclic amines) is 1. The molecule has 1 aliphatic heterocycles. The predicted molar refractivity (Wildman–Crippen MR) is 118 cm³/mol. The maximum atomic E-state index is 13.9. The van der Waals surface area contributed by atoms with E-state index in [9.17, 15) is 9.18 Å². The van der Waals surface area contributed by atoms with Gasteiger partial charge in [-0.2, -0.15) is 0 Å². The molecule has 1 atom stereocenters. The van der Waals surface area contributed by atoms with E-state index in [2.05, 4.69) is 10.2 Å². The molecule has 1 heterocycles. The lowest BCUT2D eigenvalue weighted by atomic mass is 10.0. The van der Waals surface area contributed by atoms with E-state index in [0.29, 0.717) is 23.6 Å². The van der Waals surface area contributed by atoms with Crippen molar-refractivity contribution in [3.63, 3.8) is 0 Å². The van der Waals surface area contributed by atoms with Crippen molar-refractivity contribution in [2.75, 3.05) is 47.5 Å². The molecule has 1 fully saturated rings. The molecule has 0 saturated carbocycles. The third kappa shape index (κ3) is 5.74. The number of halogens is 1. The average molecular weight is 431 g/mol. The second-order valence-corrected chi connectivity index (χ2v) is 7.63. The Balaban J connectivity index is 1.70. The average Bonchev–Trinajstić information content (AvgIpc) is 2.81. The highest BCUT2D eigenvalue weighted by Gasteiger charge is 2.23. The van der Waals surface area contributed by atoms with Crippen molar-refractivity contribution in [2.24, 2.45) is 0 Å². The Morgan fingerprint density at radius 2 is 1.65 bits per heavy atom. The van der Waals surface area contributed by atoms with Crippen LogP contribution in [0.15, 0.2) is 36.4 Å². The third-order valence-corrected chi connectivity index (χ3v) is 5.72. The largest absolute Gasteiger partial charge is 0.494 e. The number of rotatable bonds is 10. The van der Waals surface area contributed by atoms with Gasteiger partial charge in [-0.15, -0.1) is 0 Å². The van der Waals surface area contributed by atoms with E-state index in [4.69, 9.17) is 14.2 Å². The van der Waals surface area contributed by atoms with Crippen LogP contribution in [-0.4, -0.2) is 58.2 Å². The van der Waals surface area contributed by atoms with Gasteiger partial charge in [0.2, 0.25) is 0 Å². The van der Waals surface area contributed by atoms with Crippen LogP contribution in [0.5, 0.6) is 17.2 Å². The van der Waals surface area contributed by atoms with Gasteiger partial charge in [-0.05, 0) is 61.8 Å². The molecule has 168 valence electrons. The second-order valence-electron chi connectivity index (χ2n) is 7.63. The Hall–Kier alpha value is -2.64. The third-order valence-electron chi connectivity index (χ3n) is 5.72. The van der Waals surface area contributed by atoms with Crippen LogP contribution in [-0.2, 0) is 0 Å². The Morgan fingerprint density at radius 1 is 0.968 bits per heavy atom. The fourth-order valence-corrected chi connectivity index (χ4v) is 4.01. The van der Waals surface area contributed by atoms with Crippen molar-refractivity contribution in [3.05, 3.63) is 53.3 Å². The summed E-state index contributed by atoms with van der Waals surface area (Å²) in [5.41, 5.74) is 1.43. The van der Waals surface area contributed by atoms with Gasteiger partial charge < -0.3 is 19.5 Å². The summed E-state index contributed by atoms with van der Waals surface area (Å²) in [4.78, 5) is 15.0. The van der Waals surface area contributed by atoms with Crippen LogP contribution in [0.2, 0.25) is 0 Å². The van der Waals surface area contributed by atoms with E-state index in [0.717, 1.165) is 31.5 Å². The van der Waals surface area contributed by atoms with E-state index in [1.165, 1.54) is 25.7 Å². The first-order chi connectivity index (χ1) is 15.1. The van der Waals surface area contributed by atoms with Gasteiger partial charge in [-0.3, -0.25) is 9.69 Å². The predicted octanol–water partition coefficient (Wildman–Crippen LogP) is 3.85. The molecule has 6 nitrogen and oxygen atoms in total. The molecule has 2 aromatic carbocycles. The molecule has 1 unspecified atom stereocenters. The minimum atomic E-state index is -0.537. The number of carbonyl (C=O) groups is 1. The lowest BCUT2D eigenvalue weighted by Gasteiger charge is -2.35. The lowest BCUT2D eigenvalue weighted by molar-refractivity contribution is 0.0983. The van der Waals surface area contributed by atoms with E-state index in [1.54, 1.807) is 20.3 Å². The first-order valence-corrected chi connectivity index (χ1v) is 10.6. The molecule has 1 aliphatic rings. The number of ketones is 1. The minimum Gasteiger partial charge on any atom is -0.494 e. The van der Waals surface area contributed by atoms with Crippen LogP contribution in [0, 0.1) is 5.82 Å². The molecule has 0 amide bonds. The molecular weight excluding hydrogens is 399 g/mol. The van der Waals surface area contributed by atoms with Crippen molar-refractivity contribution >= 4 is 5.78 Å². The number of Topliss-reactive ketones (excluding diaryl/α,β-unsaturated/α-hetero) is 1. The zero-order valence-corrected chi connectivity index (χ0v) is 18.4. The molecule has 0 spiro atoms. The van der Waals surface area contributed by atoms with E-state index in [-0.39, 0.29) is 24.1 Å². The molecule has 0 aliphatic carbocycles. The van der Waals surface area contributed by atoms with Gasteiger partial charge in [0.25, 0.3) is 0 Å². The number of hydrogen-bond acceptors (Lipinski definition) is 6. The number of carbonyl (C=O) groups excluding carboxylic acids is 1. The highest BCUT2D eigenvalue weighted by Crippen LogP contribution is 2.32. The van der Waals surface area contributed by atoms with Gasteiger partial charge in [0.05, 0.1) is 27.9 Å². The standard InChI is InChI=1S/C24H31FN2O4/c1-29-22-9-8-18(13-19(22)25)21(28)16-26-15-20(27-11-5-4-6-12-27)17-7-10-23(30-2)24(14-17)31-3/h7-10,13-14,20,26H,4-6,11-12,15-16H2,1-3H3. The number of ether oxygens (including phenoxy) is 3. The summed E-state index contributed by atoms with van der Waals surface area (Å²) < 4.78 is 29.7. The van der Waals surface area contributed by atoms with Crippen LogP contribution in [0.4, 0.5) is 4.39 Å². The molecule has 0 bridgehead atoms. The summed E-state index contributed by atoms with van der Waals surface area (Å²) in [5, 5.41) is 3.28. The summed E-state index contributed by atoms with van der Waals surface area (Å²) in [6.07, 6.45) is 3.56. The van der Waals surface area contributed by atoms with Crippen molar-refractivity contribution in [1.82, 2.24) is 10.2 Å². The number of piperidine rings is 1. The molecule has 0 aromatic heterocycles. The summed E-state index contributed by atoms with van der Waals surface area (Å²) >= 11 is 0. The summed E-state index contributed by atoms with van der Waals surface area (Å²) in [7, 11) is 4.65. The molecule has 0 radical (unpaired) electrons. The highest BCUT2D eigenvalue weighted by atomic mass is 19.1. The maximum Gasteiger partial charge on any atom is 0.176 e. The SMILES string of the molecule is COc1ccc(C(=O)CNCC(c2ccc(OC)c(OC)c2)N2CCCCC2)cc1F. The molecule has 3 rings (SSSR count). The van der Waals surface area contributed by atoms with Crippen molar-refractivity contribution in [2.45, 2.75) is 25.3 Å². The lowest BCUT2D eigenvalue weighted by Crippen LogP contribution is -2.40. The van der Waals surface area contributed by atoms with Crippen molar-refractivity contribution in [1.29, 1.82) is 0 Å². The summed E-state index contributed by atoms with van der Waals surface area (Å²) in [5.74, 6) is 0.805. The van der Waals surface area contributed by atoms with Gasteiger partial charge in [0.1, 0.15) is 0 Å². The Kier molecular flexibility index (Phi) is 8.26. The van der Waals surface area contributed by atoms with Crippen molar-refractivity contribution in [3.8, 4) is 17.2 Å².